The Morgan fingerprint density at radius 2 is 2.40 bits per heavy atom. The summed E-state index contributed by atoms with van der Waals surface area (Å²) in [6.07, 6.45) is 3.14. The molecule has 2 rings (SSSR count). The molecule has 78 valence electrons. The van der Waals surface area contributed by atoms with Crippen LogP contribution in [0.15, 0.2) is 23.0 Å². The Hall–Kier alpha value is -1.62. The first-order chi connectivity index (χ1) is 7.22. The van der Waals surface area contributed by atoms with E-state index in [2.05, 4.69) is 9.72 Å². The summed E-state index contributed by atoms with van der Waals surface area (Å²) in [7, 11) is 1.34. The zero-order valence-electron chi connectivity index (χ0n) is 8.31. The molecule has 2 heterocycles. The predicted octanol–water partition coefficient (Wildman–Crippen LogP) is 2.50. The summed E-state index contributed by atoms with van der Waals surface area (Å²) in [5, 5.41) is 0.826. The molecule has 0 atom stereocenters. The van der Waals surface area contributed by atoms with Crippen LogP contribution in [0.1, 0.15) is 15.5 Å². The second kappa shape index (κ2) is 3.86. The van der Waals surface area contributed by atoms with E-state index in [4.69, 9.17) is 4.42 Å². The number of esters is 1. The van der Waals surface area contributed by atoms with E-state index >= 15 is 0 Å². The van der Waals surface area contributed by atoms with Crippen LogP contribution in [-0.2, 0) is 4.74 Å². The van der Waals surface area contributed by atoms with Crippen molar-refractivity contribution in [2.45, 2.75) is 6.92 Å². The fourth-order valence-electron chi connectivity index (χ4n) is 1.25. The molecule has 0 N–H and O–H groups in total. The third kappa shape index (κ3) is 1.78. The van der Waals surface area contributed by atoms with Gasteiger partial charge < -0.3 is 9.15 Å². The maximum atomic E-state index is 11.4. The molecule has 0 saturated heterocycles. The highest BCUT2D eigenvalue weighted by molar-refractivity contribution is 7.15. The van der Waals surface area contributed by atoms with E-state index in [1.807, 2.05) is 6.92 Å². The lowest BCUT2D eigenvalue weighted by molar-refractivity contribution is 0.0595. The Balaban J connectivity index is 2.52. The van der Waals surface area contributed by atoms with Gasteiger partial charge in [0.1, 0.15) is 0 Å². The number of methoxy groups -OCH3 is 1. The van der Waals surface area contributed by atoms with Gasteiger partial charge in [-0.1, -0.05) is 0 Å². The molecule has 0 amide bonds. The van der Waals surface area contributed by atoms with Gasteiger partial charge in [0.2, 0.25) is 0 Å². The maximum Gasteiger partial charge on any atom is 0.358 e. The van der Waals surface area contributed by atoms with Crippen LogP contribution in [0.3, 0.4) is 0 Å². The molecule has 0 radical (unpaired) electrons. The molecule has 0 aliphatic carbocycles. The summed E-state index contributed by atoms with van der Waals surface area (Å²) in [6.45, 7) is 1.85. The van der Waals surface area contributed by atoms with Gasteiger partial charge in [0.15, 0.2) is 5.69 Å². The fraction of sp³-hybridized carbons (Fsp3) is 0.200. The number of furan rings is 1. The van der Waals surface area contributed by atoms with E-state index in [0.29, 0.717) is 5.69 Å². The molecule has 2 aromatic rings. The monoisotopic (exact) mass is 223 g/mol. The van der Waals surface area contributed by atoms with Crippen molar-refractivity contribution in [2.24, 2.45) is 0 Å². The standard InChI is InChI=1S/C10H9NO3S/c1-6-11-8(10(12)13-2)9(15-6)7-3-4-14-5-7/h3-5H,1-2H3. The minimum Gasteiger partial charge on any atom is -0.472 e. The van der Waals surface area contributed by atoms with Crippen LogP contribution in [0.2, 0.25) is 0 Å². The van der Waals surface area contributed by atoms with Crippen molar-refractivity contribution in [1.29, 1.82) is 0 Å². The Morgan fingerprint density at radius 3 is 3.00 bits per heavy atom. The van der Waals surface area contributed by atoms with Crippen molar-refractivity contribution in [3.63, 3.8) is 0 Å². The molecule has 0 aromatic carbocycles. The number of hydrogen-bond acceptors (Lipinski definition) is 5. The van der Waals surface area contributed by atoms with E-state index in [9.17, 15) is 4.79 Å². The second-order valence-electron chi connectivity index (χ2n) is 2.91. The highest BCUT2D eigenvalue weighted by atomic mass is 32.1. The third-order valence-electron chi connectivity index (χ3n) is 1.90. The molecule has 0 aliphatic rings. The first-order valence-corrected chi connectivity index (χ1v) is 5.12. The molecule has 0 fully saturated rings. The van der Waals surface area contributed by atoms with Crippen molar-refractivity contribution in [3.05, 3.63) is 29.3 Å². The van der Waals surface area contributed by atoms with Gasteiger partial charge in [0, 0.05) is 5.56 Å². The number of ether oxygens (including phenoxy) is 1. The van der Waals surface area contributed by atoms with Gasteiger partial charge >= 0.3 is 5.97 Å². The lowest BCUT2D eigenvalue weighted by Gasteiger charge is -1.96. The predicted molar refractivity (Wildman–Crippen MR) is 55.9 cm³/mol. The number of hydrogen-bond donors (Lipinski definition) is 0. The summed E-state index contributed by atoms with van der Waals surface area (Å²) in [5.74, 6) is -0.421. The van der Waals surface area contributed by atoms with Crippen LogP contribution in [0.4, 0.5) is 0 Å². The molecule has 2 aromatic heterocycles. The Morgan fingerprint density at radius 1 is 1.60 bits per heavy atom. The molecule has 0 unspecified atom stereocenters. The van der Waals surface area contributed by atoms with E-state index < -0.39 is 5.97 Å². The zero-order chi connectivity index (χ0) is 10.8. The van der Waals surface area contributed by atoms with Crippen molar-refractivity contribution >= 4 is 17.3 Å². The quantitative estimate of drug-likeness (QED) is 0.734. The smallest absolute Gasteiger partial charge is 0.358 e. The number of carbonyl (C=O) groups is 1. The van der Waals surface area contributed by atoms with Gasteiger partial charge in [0.05, 0.1) is 29.5 Å². The van der Waals surface area contributed by atoms with Gasteiger partial charge in [0.25, 0.3) is 0 Å². The van der Waals surface area contributed by atoms with Crippen LogP contribution in [0.5, 0.6) is 0 Å². The normalized spacial score (nSPS) is 10.3. The third-order valence-corrected chi connectivity index (χ3v) is 2.92. The van der Waals surface area contributed by atoms with Gasteiger partial charge in [-0.25, -0.2) is 9.78 Å². The number of nitrogens with zero attached hydrogens (tertiary/aromatic N) is 1. The largest absolute Gasteiger partial charge is 0.472 e. The molecule has 0 aliphatic heterocycles. The van der Waals surface area contributed by atoms with Crippen molar-refractivity contribution in [1.82, 2.24) is 4.98 Å². The Kier molecular flexibility index (Phi) is 2.55. The lowest BCUT2D eigenvalue weighted by atomic mass is 10.2. The van der Waals surface area contributed by atoms with Crippen LogP contribution in [0, 0.1) is 6.92 Å². The van der Waals surface area contributed by atoms with Crippen LogP contribution in [-0.4, -0.2) is 18.1 Å². The number of aryl methyl sites for hydroxylation is 1. The number of aromatic nitrogens is 1. The van der Waals surface area contributed by atoms with Crippen molar-refractivity contribution in [3.8, 4) is 10.4 Å². The molecular formula is C10H9NO3S. The lowest BCUT2D eigenvalue weighted by Crippen LogP contribution is -2.03. The second-order valence-corrected chi connectivity index (χ2v) is 4.12. The van der Waals surface area contributed by atoms with Crippen LogP contribution in [0.25, 0.3) is 10.4 Å². The topological polar surface area (TPSA) is 52.3 Å². The Labute approximate surface area is 90.5 Å². The van der Waals surface area contributed by atoms with E-state index in [1.165, 1.54) is 18.4 Å². The SMILES string of the molecule is COC(=O)c1nc(C)sc1-c1ccoc1. The van der Waals surface area contributed by atoms with Crippen molar-refractivity contribution < 1.29 is 13.9 Å². The van der Waals surface area contributed by atoms with Crippen molar-refractivity contribution in [2.75, 3.05) is 7.11 Å². The van der Waals surface area contributed by atoms with Gasteiger partial charge in [-0.2, -0.15) is 0 Å². The molecule has 5 heteroatoms. The van der Waals surface area contributed by atoms with Gasteiger partial charge in [-0.3, -0.25) is 0 Å². The van der Waals surface area contributed by atoms with E-state index in [1.54, 1.807) is 18.6 Å². The first-order valence-electron chi connectivity index (χ1n) is 4.30. The number of carbonyl (C=O) groups excluding carboxylic acids is 1. The van der Waals surface area contributed by atoms with Gasteiger partial charge in [-0.05, 0) is 13.0 Å². The molecule has 0 spiro atoms. The average molecular weight is 223 g/mol. The minimum atomic E-state index is -0.421. The zero-order valence-corrected chi connectivity index (χ0v) is 9.13. The molecular weight excluding hydrogens is 214 g/mol. The molecule has 0 saturated carbocycles. The summed E-state index contributed by atoms with van der Waals surface area (Å²) >= 11 is 1.44. The Bertz CT molecular complexity index is 473. The molecule has 4 nitrogen and oxygen atoms in total. The molecule has 0 bridgehead atoms. The maximum absolute atomic E-state index is 11.4. The number of thiazole rings is 1. The summed E-state index contributed by atoms with van der Waals surface area (Å²) < 4.78 is 9.64. The summed E-state index contributed by atoms with van der Waals surface area (Å²) in [5.41, 5.74) is 1.20. The number of rotatable bonds is 2. The first kappa shape index (κ1) is 9.92. The molecule has 15 heavy (non-hydrogen) atoms. The van der Waals surface area contributed by atoms with Crippen LogP contribution >= 0.6 is 11.3 Å². The van der Waals surface area contributed by atoms with E-state index in [-0.39, 0.29) is 0 Å². The highest BCUT2D eigenvalue weighted by Crippen LogP contribution is 2.30. The average Bonchev–Trinajstić information content (AvgIpc) is 2.84. The summed E-state index contributed by atoms with van der Waals surface area (Å²) in [4.78, 5) is 16.4. The van der Waals surface area contributed by atoms with Crippen LogP contribution < -0.4 is 0 Å². The van der Waals surface area contributed by atoms with E-state index in [0.717, 1.165) is 15.4 Å². The minimum absolute atomic E-state index is 0.349. The fourth-order valence-corrected chi connectivity index (χ4v) is 2.14. The van der Waals surface area contributed by atoms with Gasteiger partial charge in [-0.15, -0.1) is 11.3 Å². The highest BCUT2D eigenvalue weighted by Gasteiger charge is 2.19. The summed E-state index contributed by atoms with van der Waals surface area (Å²) in [6, 6.07) is 1.79.